The largest absolute Gasteiger partial charge is 0.321 e. The van der Waals surface area contributed by atoms with Crippen molar-refractivity contribution in [1.29, 1.82) is 0 Å². The fourth-order valence-electron chi connectivity index (χ4n) is 3.29. The van der Waals surface area contributed by atoms with Crippen molar-refractivity contribution in [2.24, 2.45) is 0 Å². The molecule has 1 unspecified atom stereocenters. The van der Waals surface area contributed by atoms with E-state index in [-0.39, 0.29) is 10.8 Å². The summed E-state index contributed by atoms with van der Waals surface area (Å²) in [4.78, 5) is 15.3. The number of anilines is 1. The molecule has 8 heteroatoms. The number of thiophene rings is 1. The fourth-order valence-corrected chi connectivity index (χ4v) is 5.11. The first-order valence-corrected chi connectivity index (χ1v) is 10.9. The monoisotopic (exact) mass is 394 g/mol. The van der Waals surface area contributed by atoms with Crippen LogP contribution in [0.15, 0.2) is 46.7 Å². The van der Waals surface area contributed by atoms with Gasteiger partial charge < -0.3 is 10.2 Å². The third-order valence-electron chi connectivity index (χ3n) is 4.67. The molecule has 0 aliphatic carbocycles. The molecule has 6 nitrogen and oxygen atoms in total. The van der Waals surface area contributed by atoms with Gasteiger partial charge in [-0.05, 0) is 35.7 Å². The topological polar surface area (TPSA) is 70.9 Å². The number of carbonyl (C=O) groups is 1. The molecule has 1 aromatic heterocycles. The molecule has 2 N–H and O–H groups in total. The molecule has 2 heterocycles. The standard InChI is InChI=1S/C18H23N3O3S2/c1-20(2)26(23,24)15-9-7-14(8-10-15)19-18(22)13-21-11-3-5-16(21)17-6-4-12-25-17/h4,6-10,12,16H,3,5,11,13H2,1-2H3,(H,19,22)/p+1/t16-/m1/s1. The minimum atomic E-state index is -3.46. The van der Waals surface area contributed by atoms with E-state index in [1.54, 1.807) is 23.5 Å². The molecular weight excluding hydrogens is 370 g/mol. The van der Waals surface area contributed by atoms with Crippen LogP contribution < -0.4 is 10.2 Å². The van der Waals surface area contributed by atoms with Gasteiger partial charge in [0, 0.05) is 32.6 Å². The highest BCUT2D eigenvalue weighted by atomic mass is 32.2. The molecule has 0 radical (unpaired) electrons. The van der Waals surface area contributed by atoms with Gasteiger partial charge in [0.2, 0.25) is 10.0 Å². The van der Waals surface area contributed by atoms with Gasteiger partial charge in [0.1, 0.15) is 6.04 Å². The fraction of sp³-hybridized carbons (Fsp3) is 0.389. The van der Waals surface area contributed by atoms with Crippen molar-refractivity contribution in [3.05, 3.63) is 46.7 Å². The van der Waals surface area contributed by atoms with Crippen molar-refractivity contribution in [3.8, 4) is 0 Å². The van der Waals surface area contributed by atoms with Gasteiger partial charge in [0.15, 0.2) is 6.54 Å². The number of hydrogen-bond donors (Lipinski definition) is 2. The molecule has 2 atom stereocenters. The van der Waals surface area contributed by atoms with Crippen LogP contribution in [0.25, 0.3) is 0 Å². The van der Waals surface area contributed by atoms with Crippen molar-refractivity contribution in [2.45, 2.75) is 23.8 Å². The summed E-state index contributed by atoms with van der Waals surface area (Å²) in [7, 11) is -0.468. The van der Waals surface area contributed by atoms with Gasteiger partial charge in [0.25, 0.3) is 5.91 Å². The zero-order valence-electron chi connectivity index (χ0n) is 14.9. The number of quaternary nitrogens is 1. The minimum Gasteiger partial charge on any atom is -0.321 e. The minimum absolute atomic E-state index is 0.0494. The molecule has 26 heavy (non-hydrogen) atoms. The number of amides is 1. The van der Waals surface area contributed by atoms with Crippen LogP contribution in [0.2, 0.25) is 0 Å². The molecule has 1 aliphatic heterocycles. The molecule has 2 aromatic rings. The van der Waals surface area contributed by atoms with E-state index in [2.05, 4.69) is 22.8 Å². The highest BCUT2D eigenvalue weighted by Crippen LogP contribution is 2.23. The molecule has 140 valence electrons. The zero-order valence-corrected chi connectivity index (χ0v) is 16.6. The van der Waals surface area contributed by atoms with Gasteiger partial charge in [-0.1, -0.05) is 6.07 Å². The summed E-state index contributed by atoms with van der Waals surface area (Å²) in [5, 5.41) is 4.96. The van der Waals surface area contributed by atoms with E-state index in [1.165, 1.54) is 40.3 Å². The van der Waals surface area contributed by atoms with Crippen molar-refractivity contribution in [3.63, 3.8) is 0 Å². The summed E-state index contributed by atoms with van der Waals surface area (Å²) >= 11 is 1.75. The summed E-state index contributed by atoms with van der Waals surface area (Å²) in [5.74, 6) is -0.0494. The van der Waals surface area contributed by atoms with E-state index in [0.29, 0.717) is 18.3 Å². The Morgan fingerprint density at radius 1 is 1.27 bits per heavy atom. The lowest BCUT2D eigenvalue weighted by Crippen LogP contribution is -3.11. The number of rotatable bonds is 6. The first-order chi connectivity index (χ1) is 12.4. The van der Waals surface area contributed by atoms with Crippen LogP contribution in [0.4, 0.5) is 5.69 Å². The first-order valence-electron chi connectivity index (χ1n) is 8.58. The van der Waals surface area contributed by atoms with Crippen LogP contribution in [0, 0.1) is 0 Å². The summed E-state index contributed by atoms with van der Waals surface area (Å²) in [6.45, 7) is 1.41. The lowest BCUT2D eigenvalue weighted by Gasteiger charge is -2.20. The number of likely N-dealkylation sites (tertiary alicyclic amines) is 1. The first kappa shape index (κ1) is 19.0. The predicted octanol–water partition coefficient (Wildman–Crippen LogP) is 1.36. The smallest absolute Gasteiger partial charge is 0.279 e. The van der Waals surface area contributed by atoms with Crippen LogP contribution in [-0.2, 0) is 14.8 Å². The molecule has 1 aromatic carbocycles. The van der Waals surface area contributed by atoms with E-state index in [0.717, 1.165) is 19.4 Å². The maximum absolute atomic E-state index is 12.4. The molecule has 3 rings (SSSR count). The van der Waals surface area contributed by atoms with Crippen molar-refractivity contribution in [2.75, 3.05) is 32.5 Å². The van der Waals surface area contributed by atoms with E-state index >= 15 is 0 Å². The molecule has 1 aliphatic rings. The van der Waals surface area contributed by atoms with Gasteiger partial charge >= 0.3 is 0 Å². The summed E-state index contributed by atoms with van der Waals surface area (Å²) in [5.41, 5.74) is 0.610. The highest BCUT2D eigenvalue weighted by molar-refractivity contribution is 7.89. The summed E-state index contributed by atoms with van der Waals surface area (Å²) < 4.78 is 25.3. The van der Waals surface area contributed by atoms with Crippen LogP contribution in [-0.4, -0.2) is 45.8 Å². The Morgan fingerprint density at radius 2 is 2.00 bits per heavy atom. The number of hydrogen-bond acceptors (Lipinski definition) is 4. The molecule has 1 fully saturated rings. The molecule has 0 saturated carbocycles. The Kier molecular flexibility index (Phi) is 5.76. The summed E-state index contributed by atoms with van der Waals surface area (Å²) in [6.07, 6.45) is 2.24. The Morgan fingerprint density at radius 3 is 2.62 bits per heavy atom. The zero-order chi connectivity index (χ0) is 18.7. The average Bonchev–Trinajstić information content (AvgIpc) is 3.26. The highest BCUT2D eigenvalue weighted by Gasteiger charge is 2.32. The van der Waals surface area contributed by atoms with Gasteiger partial charge in [-0.25, -0.2) is 12.7 Å². The third-order valence-corrected chi connectivity index (χ3v) is 7.49. The Labute approximate surface area is 158 Å². The average molecular weight is 395 g/mol. The van der Waals surface area contributed by atoms with E-state index < -0.39 is 10.0 Å². The Hall–Kier alpha value is -1.74. The van der Waals surface area contributed by atoms with Crippen molar-refractivity contribution >= 4 is 33.0 Å². The van der Waals surface area contributed by atoms with Gasteiger partial charge in [-0.15, -0.1) is 11.3 Å². The SMILES string of the molecule is CN(C)S(=O)(=O)c1ccc(NC(=O)C[NH+]2CCC[C@@H]2c2cccs2)cc1. The van der Waals surface area contributed by atoms with Crippen LogP contribution >= 0.6 is 11.3 Å². The second-order valence-corrected chi connectivity index (χ2v) is 9.79. The lowest BCUT2D eigenvalue weighted by atomic mass is 10.2. The molecular formula is C18H24N3O3S2+. The Bertz CT molecular complexity index is 846. The van der Waals surface area contributed by atoms with Crippen molar-refractivity contribution < 1.29 is 18.1 Å². The van der Waals surface area contributed by atoms with E-state index in [4.69, 9.17) is 0 Å². The molecule has 1 amide bonds. The molecule has 0 bridgehead atoms. The second kappa shape index (κ2) is 7.87. The van der Waals surface area contributed by atoms with Crippen LogP contribution in [0.3, 0.4) is 0 Å². The van der Waals surface area contributed by atoms with Crippen LogP contribution in [0.5, 0.6) is 0 Å². The number of carbonyl (C=O) groups excluding carboxylic acids is 1. The number of sulfonamides is 1. The quantitative estimate of drug-likeness (QED) is 0.777. The number of benzene rings is 1. The predicted molar refractivity (Wildman–Crippen MR) is 103 cm³/mol. The van der Waals surface area contributed by atoms with Crippen LogP contribution in [0.1, 0.15) is 23.8 Å². The molecule has 1 saturated heterocycles. The van der Waals surface area contributed by atoms with E-state index in [1.807, 2.05) is 0 Å². The number of nitrogens with one attached hydrogen (secondary N) is 2. The maximum atomic E-state index is 12.4. The van der Waals surface area contributed by atoms with Gasteiger partial charge in [0.05, 0.1) is 16.3 Å². The van der Waals surface area contributed by atoms with Crippen molar-refractivity contribution in [1.82, 2.24) is 4.31 Å². The number of nitrogens with zero attached hydrogens (tertiary/aromatic N) is 1. The Balaban J connectivity index is 1.62. The third kappa shape index (κ3) is 4.15. The van der Waals surface area contributed by atoms with Gasteiger partial charge in [-0.2, -0.15) is 0 Å². The van der Waals surface area contributed by atoms with E-state index in [9.17, 15) is 13.2 Å². The maximum Gasteiger partial charge on any atom is 0.279 e. The lowest BCUT2D eigenvalue weighted by molar-refractivity contribution is -0.910. The second-order valence-electron chi connectivity index (χ2n) is 6.66. The normalized spacial score (nSPS) is 20.4. The molecule has 0 spiro atoms. The summed E-state index contributed by atoms with van der Waals surface area (Å²) in [6, 6.07) is 10.9. The van der Waals surface area contributed by atoms with Gasteiger partial charge in [-0.3, -0.25) is 4.79 Å².